The minimum Gasteiger partial charge on any atom is -0.370 e. The summed E-state index contributed by atoms with van der Waals surface area (Å²) in [6.07, 6.45) is 0.898. The summed E-state index contributed by atoms with van der Waals surface area (Å²) < 4.78 is 4.85. The summed E-state index contributed by atoms with van der Waals surface area (Å²) >= 11 is 0. The lowest BCUT2D eigenvalue weighted by Crippen LogP contribution is -2.07. The summed E-state index contributed by atoms with van der Waals surface area (Å²) in [5.74, 6) is 1.76. The van der Waals surface area contributed by atoms with E-state index in [9.17, 15) is 10.1 Å². The molecule has 2 aromatic heterocycles. The zero-order chi connectivity index (χ0) is 15.2. The van der Waals surface area contributed by atoms with E-state index in [0.717, 1.165) is 6.42 Å². The first-order valence-electron chi connectivity index (χ1n) is 6.52. The lowest BCUT2D eigenvalue weighted by Gasteiger charge is -2.07. The van der Waals surface area contributed by atoms with Crippen molar-refractivity contribution in [1.82, 2.24) is 15.1 Å². The molecule has 21 heavy (non-hydrogen) atoms. The summed E-state index contributed by atoms with van der Waals surface area (Å²) in [6, 6.07) is 2.77. The average molecular weight is 292 g/mol. The molecule has 0 aromatic carbocycles. The average Bonchev–Trinajstić information content (AvgIpc) is 2.88. The van der Waals surface area contributed by atoms with Gasteiger partial charge in [0.05, 0.1) is 23.6 Å². The number of hydrogen-bond acceptors (Lipinski definition) is 8. The summed E-state index contributed by atoms with van der Waals surface area (Å²) in [4.78, 5) is 18.8. The standard InChI is InChI=1S/C12H16N6O3/c1-3-4-13-10-5-9(18(19)20)6-11(16-10)14-7-12-15-8(2)21-17-12/h5-6H,3-4,7H2,1-2H3,(H2,13,14,16). The molecule has 0 radical (unpaired) electrons. The van der Waals surface area contributed by atoms with Gasteiger partial charge >= 0.3 is 0 Å². The fourth-order valence-electron chi connectivity index (χ4n) is 1.64. The number of anilines is 2. The van der Waals surface area contributed by atoms with Crippen molar-refractivity contribution < 1.29 is 9.45 Å². The molecule has 0 aliphatic heterocycles. The van der Waals surface area contributed by atoms with Gasteiger partial charge in [-0.15, -0.1) is 0 Å². The van der Waals surface area contributed by atoms with Gasteiger partial charge in [-0.05, 0) is 6.42 Å². The molecule has 9 nitrogen and oxygen atoms in total. The molecule has 0 atom stereocenters. The Morgan fingerprint density at radius 3 is 2.57 bits per heavy atom. The highest BCUT2D eigenvalue weighted by atomic mass is 16.6. The van der Waals surface area contributed by atoms with Crippen molar-refractivity contribution in [2.75, 3.05) is 17.2 Å². The highest BCUT2D eigenvalue weighted by molar-refractivity contribution is 5.54. The number of hydrogen-bond donors (Lipinski definition) is 2. The van der Waals surface area contributed by atoms with Crippen LogP contribution in [0.3, 0.4) is 0 Å². The van der Waals surface area contributed by atoms with Gasteiger partial charge in [-0.3, -0.25) is 10.1 Å². The Balaban J connectivity index is 2.12. The van der Waals surface area contributed by atoms with E-state index >= 15 is 0 Å². The SMILES string of the molecule is CCCNc1cc([N+](=O)[O-])cc(NCc2noc(C)n2)n1. The van der Waals surface area contributed by atoms with E-state index in [1.54, 1.807) is 6.92 Å². The van der Waals surface area contributed by atoms with Crippen LogP contribution in [0.15, 0.2) is 16.7 Å². The van der Waals surface area contributed by atoms with E-state index in [4.69, 9.17) is 4.52 Å². The molecular weight excluding hydrogens is 276 g/mol. The maximum atomic E-state index is 10.9. The molecule has 0 aliphatic rings. The second-order valence-electron chi connectivity index (χ2n) is 4.36. The number of nitro groups is 1. The van der Waals surface area contributed by atoms with E-state index in [0.29, 0.717) is 29.9 Å². The lowest BCUT2D eigenvalue weighted by molar-refractivity contribution is -0.384. The minimum atomic E-state index is -0.456. The second-order valence-corrected chi connectivity index (χ2v) is 4.36. The van der Waals surface area contributed by atoms with Crippen molar-refractivity contribution >= 4 is 17.3 Å². The predicted molar refractivity (Wildman–Crippen MR) is 76.0 cm³/mol. The van der Waals surface area contributed by atoms with Crippen LogP contribution in [0.1, 0.15) is 25.1 Å². The van der Waals surface area contributed by atoms with Gasteiger partial charge in [0.1, 0.15) is 11.6 Å². The molecule has 2 aromatic rings. The Kier molecular flexibility index (Phi) is 4.64. The molecule has 0 bridgehead atoms. The maximum absolute atomic E-state index is 10.9. The number of aryl methyl sites for hydroxylation is 1. The molecule has 0 amide bonds. The molecule has 0 fully saturated rings. The van der Waals surface area contributed by atoms with Crippen molar-refractivity contribution in [2.45, 2.75) is 26.8 Å². The Morgan fingerprint density at radius 2 is 2.00 bits per heavy atom. The first-order valence-corrected chi connectivity index (χ1v) is 6.52. The molecule has 0 spiro atoms. The third-order valence-corrected chi connectivity index (χ3v) is 2.57. The van der Waals surface area contributed by atoms with Crippen LogP contribution in [0.4, 0.5) is 17.3 Å². The van der Waals surface area contributed by atoms with E-state index in [-0.39, 0.29) is 12.2 Å². The van der Waals surface area contributed by atoms with Gasteiger partial charge < -0.3 is 15.2 Å². The monoisotopic (exact) mass is 292 g/mol. The number of rotatable bonds is 7. The summed E-state index contributed by atoms with van der Waals surface area (Å²) in [5, 5.41) is 20.6. The number of nitrogens with zero attached hydrogens (tertiary/aromatic N) is 4. The first kappa shape index (κ1) is 14.7. The largest absolute Gasteiger partial charge is 0.370 e. The highest BCUT2D eigenvalue weighted by Crippen LogP contribution is 2.21. The quantitative estimate of drug-likeness (QED) is 0.588. The molecule has 0 aliphatic carbocycles. The molecule has 112 valence electrons. The van der Waals surface area contributed by atoms with Gasteiger partial charge in [-0.2, -0.15) is 4.98 Å². The van der Waals surface area contributed by atoms with Crippen molar-refractivity contribution in [3.63, 3.8) is 0 Å². The highest BCUT2D eigenvalue weighted by Gasteiger charge is 2.11. The minimum absolute atomic E-state index is 0.0320. The lowest BCUT2D eigenvalue weighted by atomic mass is 10.3. The van der Waals surface area contributed by atoms with E-state index in [1.165, 1.54) is 12.1 Å². The molecule has 2 rings (SSSR count). The van der Waals surface area contributed by atoms with Crippen molar-refractivity contribution in [3.05, 3.63) is 34.0 Å². The molecular formula is C12H16N6O3. The molecule has 0 saturated heterocycles. The van der Waals surface area contributed by atoms with Crippen LogP contribution in [0.25, 0.3) is 0 Å². The van der Waals surface area contributed by atoms with Crippen molar-refractivity contribution in [2.24, 2.45) is 0 Å². The Morgan fingerprint density at radius 1 is 1.29 bits per heavy atom. The summed E-state index contributed by atoms with van der Waals surface area (Å²) in [7, 11) is 0. The second kappa shape index (κ2) is 6.64. The van der Waals surface area contributed by atoms with Crippen LogP contribution >= 0.6 is 0 Å². The number of aromatic nitrogens is 3. The van der Waals surface area contributed by atoms with E-state index < -0.39 is 4.92 Å². The molecule has 0 saturated carbocycles. The van der Waals surface area contributed by atoms with Gasteiger partial charge in [-0.25, -0.2) is 4.98 Å². The zero-order valence-electron chi connectivity index (χ0n) is 11.8. The molecule has 2 N–H and O–H groups in total. The molecule has 0 unspecified atom stereocenters. The Labute approximate surface area is 120 Å². The summed E-state index contributed by atoms with van der Waals surface area (Å²) in [5.41, 5.74) is -0.0320. The fourth-order valence-corrected chi connectivity index (χ4v) is 1.64. The maximum Gasteiger partial charge on any atom is 0.276 e. The van der Waals surface area contributed by atoms with Crippen LogP contribution in [0, 0.1) is 17.0 Å². The number of pyridine rings is 1. The van der Waals surface area contributed by atoms with E-state index in [1.807, 2.05) is 6.92 Å². The number of nitrogens with one attached hydrogen (secondary N) is 2. The van der Waals surface area contributed by atoms with Crippen molar-refractivity contribution in [3.8, 4) is 0 Å². The molecule has 2 heterocycles. The van der Waals surface area contributed by atoms with Gasteiger partial charge in [0, 0.05) is 13.5 Å². The van der Waals surface area contributed by atoms with Gasteiger partial charge in [-0.1, -0.05) is 12.1 Å². The Hall–Kier alpha value is -2.71. The van der Waals surface area contributed by atoms with Crippen LogP contribution < -0.4 is 10.6 Å². The van der Waals surface area contributed by atoms with Crippen LogP contribution in [0.2, 0.25) is 0 Å². The third kappa shape index (κ3) is 4.13. The van der Waals surface area contributed by atoms with Gasteiger partial charge in [0.15, 0.2) is 5.82 Å². The van der Waals surface area contributed by atoms with E-state index in [2.05, 4.69) is 25.8 Å². The van der Waals surface area contributed by atoms with Crippen LogP contribution in [-0.2, 0) is 6.54 Å². The van der Waals surface area contributed by atoms with Crippen molar-refractivity contribution in [1.29, 1.82) is 0 Å². The first-order chi connectivity index (χ1) is 10.1. The predicted octanol–water partition coefficient (Wildman–Crippen LogP) is 2.12. The van der Waals surface area contributed by atoms with Gasteiger partial charge in [0.25, 0.3) is 5.69 Å². The zero-order valence-corrected chi connectivity index (χ0v) is 11.8. The van der Waals surface area contributed by atoms with Crippen LogP contribution in [-0.4, -0.2) is 26.6 Å². The third-order valence-electron chi connectivity index (χ3n) is 2.57. The smallest absolute Gasteiger partial charge is 0.276 e. The topological polar surface area (TPSA) is 119 Å². The fraction of sp³-hybridized carbons (Fsp3) is 0.417. The summed E-state index contributed by atoms with van der Waals surface area (Å²) in [6.45, 7) is 4.66. The van der Waals surface area contributed by atoms with Crippen LogP contribution in [0.5, 0.6) is 0 Å². The molecule has 9 heteroatoms. The van der Waals surface area contributed by atoms with Gasteiger partial charge in [0.2, 0.25) is 5.89 Å². The normalized spacial score (nSPS) is 10.4. The Bertz CT molecular complexity index is 627.